The van der Waals surface area contributed by atoms with Crippen molar-refractivity contribution in [3.63, 3.8) is 0 Å². The van der Waals surface area contributed by atoms with Crippen LogP contribution in [-0.4, -0.2) is 29.9 Å². The Morgan fingerprint density at radius 3 is 2.16 bits per heavy atom. The van der Waals surface area contributed by atoms with Crippen molar-refractivity contribution < 1.29 is 9.59 Å². The van der Waals surface area contributed by atoms with Gasteiger partial charge in [-0.05, 0) is 58.2 Å². The first-order valence-electron chi connectivity index (χ1n) is 11.7. The summed E-state index contributed by atoms with van der Waals surface area (Å²) in [7, 11) is 0. The Morgan fingerprint density at radius 1 is 0.865 bits per heavy atom. The van der Waals surface area contributed by atoms with E-state index in [1.807, 2.05) is 36.4 Å². The largest absolute Gasteiger partial charge is 0.397 e. The van der Waals surface area contributed by atoms with Crippen LogP contribution < -0.4 is 21.7 Å². The van der Waals surface area contributed by atoms with Crippen LogP contribution in [0.15, 0.2) is 91.1 Å². The molecule has 0 saturated heterocycles. The van der Waals surface area contributed by atoms with Gasteiger partial charge in [0.2, 0.25) is 5.91 Å². The molecule has 5 N–H and O–H groups in total. The second-order valence-corrected chi connectivity index (χ2v) is 8.92. The van der Waals surface area contributed by atoms with Gasteiger partial charge in [0.05, 0.1) is 16.9 Å². The third kappa shape index (κ3) is 5.32. The molecular weight excluding hydrogens is 486 g/mol. The first-order valence-corrected chi connectivity index (χ1v) is 12.1. The minimum Gasteiger partial charge on any atom is -0.397 e. The lowest BCUT2D eigenvalue weighted by Gasteiger charge is -2.10. The fourth-order valence-corrected chi connectivity index (χ4v) is 4.42. The van der Waals surface area contributed by atoms with Crippen LogP contribution in [0, 0.1) is 0 Å². The molecule has 0 bridgehead atoms. The van der Waals surface area contributed by atoms with Crippen molar-refractivity contribution in [3.05, 3.63) is 113 Å². The van der Waals surface area contributed by atoms with Crippen molar-refractivity contribution in [2.45, 2.75) is 0 Å². The lowest BCUT2D eigenvalue weighted by Crippen LogP contribution is -2.27. The summed E-state index contributed by atoms with van der Waals surface area (Å²) in [5.41, 5.74) is 12.5. The Balaban J connectivity index is 1.14. The van der Waals surface area contributed by atoms with Gasteiger partial charge in [-0.3, -0.25) is 9.59 Å². The van der Waals surface area contributed by atoms with Gasteiger partial charge in [0.1, 0.15) is 5.82 Å². The number of nitrogen functional groups attached to an aromatic ring is 1. The van der Waals surface area contributed by atoms with E-state index in [1.54, 1.807) is 36.4 Å². The van der Waals surface area contributed by atoms with E-state index in [9.17, 15) is 9.59 Å². The average molecular weight is 510 g/mol. The zero-order valence-corrected chi connectivity index (χ0v) is 20.5. The van der Waals surface area contributed by atoms with Crippen LogP contribution in [0.3, 0.4) is 0 Å². The van der Waals surface area contributed by atoms with E-state index in [2.05, 4.69) is 33.1 Å². The summed E-state index contributed by atoms with van der Waals surface area (Å²) in [6.07, 6.45) is 3.13. The SMILES string of the molecule is Nc1cc(Cl)ccc1NC(=O)c1ccc(NCCNC(=O)C=C2c3ccccc3-c3ccccc32)nc1. The summed E-state index contributed by atoms with van der Waals surface area (Å²) >= 11 is 5.90. The maximum absolute atomic E-state index is 12.7. The van der Waals surface area contributed by atoms with Crippen LogP contribution in [-0.2, 0) is 4.79 Å². The van der Waals surface area contributed by atoms with Gasteiger partial charge in [0.15, 0.2) is 0 Å². The fourth-order valence-electron chi connectivity index (χ4n) is 4.24. The number of halogens is 1. The van der Waals surface area contributed by atoms with E-state index in [1.165, 1.54) is 6.20 Å². The summed E-state index contributed by atoms with van der Waals surface area (Å²) in [5.74, 6) is 0.0991. The third-order valence-corrected chi connectivity index (χ3v) is 6.25. The molecule has 4 aromatic rings. The third-order valence-electron chi connectivity index (χ3n) is 6.02. The molecule has 0 saturated carbocycles. The van der Waals surface area contributed by atoms with Crippen molar-refractivity contribution in [3.8, 4) is 11.1 Å². The molecule has 1 heterocycles. The number of fused-ring (bicyclic) bond motifs is 3. The van der Waals surface area contributed by atoms with Gasteiger partial charge in [-0.2, -0.15) is 0 Å². The van der Waals surface area contributed by atoms with Crippen molar-refractivity contribution in [2.75, 3.05) is 29.5 Å². The van der Waals surface area contributed by atoms with Gasteiger partial charge in [-0.15, -0.1) is 0 Å². The van der Waals surface area contributed by atoms with Crippen molar-refractivity contribution in [2.24, 2.45) is 0 Å². The minimum absolute atomic E-state index is 0.162. The normalized spacial score (nSPS) is 11.3. The smallest absolute Gasteiger partial charge is 0.257 e. The van der Waals surface area contributed by atoms with E-state index >= 15 is 0 Å². The predicted molar refractivity (Wildman–Crippen MR) is 149 cm³/mol. The Hall–Kier alpha value is -4.62. The lowest BCUT2D eigenvalue weighted by molar-refractivity contribution is -0.116. The zero-order chi connectivity index (χ0) is 25.8. The van der Waals surface area contributed by atoms with Gasteiger partial charge in [0, 0.05) is 30.4 Å². The topological polar surface area (TPSA) is 109 Å². The van der Waals surface area contributed by atoms with Crippen LogP contribution in [0.25, 0.3) is 16.7 Å². The van der Waals surface area contributed by atoms with E-state index in [4.69, 9.17) is 17.3 Å². The molecule has 5 rings (SSSR count). The van der Waals surface area contributed by atoms with E-state index in [0.717, 1.165) is 27.8 Å². The van der Waals surface area contributed by atoms with E-state index < -0.39 is 0 Å². The second-order valence-electron chi connectivity index (χ2n) is 8.48. The number of amides is 2. The lowest BCUT2D eigenvalue weighted by atomic mass is 10.0. The number of hydrogen-bond acceptors (Lipinski definition) is 5. The van der Waals surface area contributed by atoms with Gasteiger partial charge < -0.3 is 21.7 Å². The van der Waals surface area contributed by atoms with Gasteiger partial charge in [-0.1, -0.05) is 60.1 Å². The van der Waals surface area contributed by atoms with Gasteiger partial charge in [0.25, 0.3) is 5.91 Å². The molecular formula is C29H24ClN5O2. The van der Waals surface area contributed by atoms with Gasteiger partial charge in [-0.25, -0.2) is 4.98 Å². The van der Waals surface area contributed by atoms with Crippen LogP contribution in [0.5, 0.6) is 0 Å². The average Bonchev–Trinajstić information content (AvgIpc) is 3.22. The highest BCUT2D eigenvalue weighted by atomic mass is 35.5. The number of rotatable bonds is 7. The highest BCUT2D eigenvalue weighted by Crippen LogP contribution is 2.43. The molecule has 1 aliphatic rings. The number of pyridine rings is 1. The summed E-state index contributed by atoms with van der Waals surface area (Å²) in [5, 5.41) is 9.30. The maximum Gasteiger partial charge on any atom is 0.257 e. The second kappa shape index (κ2) is 10.6. The Morgan fingerprint density at radius 2 is 1.54 bits per heavy atom. The van der Waals surface area contributed by atoms with E-state index in [-0.39, 0.29) is 11.8 Å². The molecule has 0 atom stereocenters. The number of anilines is 3. The maximum atomic E-state index is 12.7. The van der Waals surface area contributed by atoms with Gasteiger partial charge >= 0.3 is 0 Å². The summed E-state index contributed by atoms with van der Waals surface area (Å²) in [6.45, 7) is 0.883. The Labute approximate surface area is 219 Å². The van der Waals surface area contributed by atoms with Crippen LogP contribution in [0.2, 0.25) is 5.02 Å². The number of nitrogens with zero attached hydrogens (tertiary/aromatic N) is 1. The first-order chi connectivity index (χ1) is 18.0. The number of benzene rings is 3. The number of carbonyl (C=O) groups is 2. The summed E-state index contributed by atoms with van der Waals surface area (Å²) in [6, 6.07) is 24.4. The molecule has 184 valence electrons. The van der Waals surface area contributed by atoms with Crippen LogP contribution in [0.4, 0.5) is 17.2 Å². The molecule has 0 unspecified atom stereocenters. The zero-order valence-electron chi connectivity index (χ0n) is 19.8. The molecule has 7 nitrogen and oxygen atoms in total. The molecule has 3 aromatic carbocycles. The molecule has 0 radical (unpaired) electrons. The molecule has 0 fully saturated rings. The molecule has 1 aromatic heterocycles. The number of nitrogens with one attached hydrogen (secondary N) is 3. The quantitative estimate of drug-likeness (QED) is 0.137. The fraction of sp³-hybridized carbons (Fsp3) is 0.0690. The number of hydrogen-bond donors (Lipinski definition) is 4. The molecule has 2 amide bonds. The number of aromatic nitrogens is 1. The standard InChI is InChI=1S/C29H24ClN5O2/c30-19-10-11-26(25(31)15-19)35-29(37)18-9-12-27(34-17-18)32-13-14-33-28(36)16-24-22-7-3-1-5-20(22)21-6-2-4-8-23(21)24/h1-12,15-17H,13-14,31H2,(H,32,34)(H,33,36)(H,35,37). The van der Waals surface area contributed by atoms with Crippen LogP contribution >= 0.6 is 11.6 Å². The predicted octanol–water partition coefficient (Wildman–Crippen LogP) is 5.21. The molecule has 8 heteroatoms. The Bertz CT molecular complexity index is 1470. The van der Waals surface area contributed by atoms with E-state index in [0.29, 0.717) is 40.9 Å². The number of carbonyl (C=O) groups excluding carboxylic acids is 2. The van der Waals surface area contributed by atoms with Crippen molar-refractivity contribution in [1.29, 1.82) is 0 Å². The minimum atomic E-state index is -0.330. The Kier molecular flexibility index (Phi) is 6.87. The first kappa shape index (κ1) is 24.1. The molecule has 0 spiro atoms. The summed E-state index contributed by atoms with van der Waals surface area (Å²) < 4.78 is 0. The molecule has 0 aliphatic heterocycles. The summed E-state index contributed by atoms with van der Waals surface area (Å²) in [4.78, 5) is 29.4. The number of nitrogens with two attached hydrogens (primary N) is 1. The highest BCUT2D eigenvalue weighted by Gasteiger charge is 2.23. The van der Waals surface area contributed by atoms with Crippen molar-refractivity contribution in [1.82, 2.24) is 10.3 Å². The molecule has 1 aliphatic carbocycles. The monoisotopic (exact) mass is 509 g/mol. The highest BCUT2D eigenvalue weighted by molar-refractivity contribution is 6.31. The van der Waals surface area contributed by atoms with Crippen LogP contribution in [0.1, 0.15) is 21.5 Å². The molecule has 37 heavy (non-hydrogen) atoms. The van der Waals surface area contributed by atoms with Crippen molar-refractivity contribution >= 4 is 46.2 Å².